The molecule has 1 N–H and O–H groups in total. The molecule has 0 radical (unpaired) electrons. The van der Waals surface area contributed by atoms with Gasteiger partial charge in [0.1, 0.15) is 5.75 Å². The SMILES string of the molecule is COc1cccc(CNC(=O)CSc2ncc3ccccn23)c1. The monoisotopic (exact) mass is 327 g/mol. The standard InChI is InChI=1S/C17H17N3O2S/c1-22-15-7-4-5-13(9-15)10-18-16(21)12-23-17-19-11-14-6-2-3-8-20(14)17/h2-9,11H,10,12H2,1H3,(H,18,21). The first-order valence-corrected chi connectivity index (χ1v) is 8.19. The molecule has 0 saturated carbocycles. The van der Waals surface area contributed by atoms with E-state index in [2.05, 4.69) is 10.3 Å². The topological polar surface area (TPSA) is 55.6 Å². The molecule has 0 spiro atoms. The molecule has 3 rings (SSSR count). The maximum Gasteiger partial charge on any atom is 0.230 e. The molecule has 3 aromatic rings. The predicted molar refractivity (Wildman–Crippen MR) is 90.8 cm³/mol. The third-order valence-corrected chi connectivity index (χ3v) is 4.33. The van der Waals surface area contributed by atoms with Crippen LogP contribution in [0.2, 0.25) is 0 Å². The number of hydrogen-bond acceptors (Lipinski definition) is 4. The minimum absolute atomic E-state index is 0.0227. The zero-order chi connectivity index (χ0) is 16.1. The lowest BCUT2D eigenvalue weighted by Gasteiger charge is -2.06. The molecule has 2 heterocycles. The van der Waals surface area contributed by atoms with Gasteiger partial charge in [-0.3, -0.25) is 9.20 Å². The Kier molecular flexibility index (Phi) is 4.83. The lowest BCUT2D eigenvalue weighted by atomic mass is 10.2. The van der Waals surface area contributed by atoms with Gasteiger partial charge < -0.3 is 10.1 Å². The summed E-state index contributed by atoms with van der Waals surface area (Å²) >= 11 is 1.42. The number of nitrogens with one attached hydrogen (secondary N) is 1. The van der Waals surface area contributed by atoms with Gasteiger partial charge in [0.15, 0.2) is 5.16 Å². The summed E-state index contributed by atoms with van der Waals surface area (Å²) in [7, 11) is 1.63. The molecule has 2 aromatic heterocycles. The Bertz CT molecular complexity index is 816. The summed E-state index contributed by atoms with van der Waals surface area (Å²) in [5.74, 6) is 1.10. The fraction of sp³-hybridized carbons (Fsp3) is 0.176. The average molecular weight is 327 g/mol. The largest absolute Gasteiger partial charge is 0.497 e. The van der Waals surface area contributed by atoms with E-state index in [1.807, 2.05) is 53.1 Å². The number of amides is 1. The Morgan fingerprint density at radius 2 is 2.22 bits per heavy atom. The average Bonchev–Trinajstić information content (AvgIpc) is 3.01. The van der Waals surface area contributed by atoms with Crippen LogP contribution in [0.4, 0.5) is 0 Å². The van der Waals surface area contributed by atoms with Gasteiger partial charge in [-0.2, -0.15) is 0 Å². The zero-order valence-corrected chi connectivity index (χ0v) is 13.5. The third-order valence-electron chi connectivity index (χ3n) is 3.36. The van der Waals surface area contributed by atoms with E-state index in [9.17, 15) is 4.79 Å². The third kappa shape index (κ3) is 3.84. The number of imidazole rings is 1. The molecule has 118 valence electrons. The quantitative estimate of drug-likeness (QED) is 0.707. The Morgan fingerprint density at radius 1 is 1.30 bits per heavy atom. The number of carbonyl (C=O) groups excluding carboxylic acids is 1. The second-order valence-electron chi connectivity index (χ2n) is 4.95. The van der Waals surface area contributed by atoms with Crippen molar-refractivity contribution >= 4 is 23.2 Å². The molecule has 0 aliphatic rings. The van der Waals surface area contributed by atoms with Crippen LogP contribution in [-0.4, -0.2) is 28.2 Å². The number of thioether (sulfide) groups is 1. The van der Waals surface area contributed by atoms with E-state index >= 15 is 0 Å². The molecule has 5 nitrogen and oxygen atoms in total. The molecule has 0 aliphatic heterocycles. The van der Waals surface area contributed by atoms with Crippen molar-refractivity contribution in [2.75, 3.05) is 12.9 Å². The second kappa shape index (κ2) is 7.19. The Morgan fingerprint density at radius 3 is 3.09 bits per heavy atom. The van der Waals surface area contributed by atoms with Crippen LogP contribution in [0.5, 0.6) is 5.75 Å². The number of ether oxygens (including phenoxy) is 1. The van der Waals surface area contributed by atoms with Gasteiger partial charge in [0.2, 0.25) is 5.91 Å². The summed E-state index contributed by atoms with van der Waals surface area (Å²) in [6, 6.07) is 13.6. The van der Waals surface area contributed by atoms with E-state index in [0.29, 0.717) is 12.3 Å². The van der Waals surface area contributed by atoms with Crippen molar-refractivity contribution in [3.05, 3.63) is 60.4 Å². The number of nitrogens with zero attached hydrogens (tertiary/aromatic N) is 2. The van der Waals surface area contributed by atoms with Crippen LogP contribution in [-0.2, 0) is 11.3 Å². The summed E-state index contributed by atoms with van der Waals surface area (Å²) < 4.78 is 7.14. The molecule has 0 fully saturated rings. The Hall–Kier alpha value is -2.47. The number of carbonyl (C=O) groups is 1. The Balaban J connectivity index is 1.53. The highest BCUT2D eigenvalue weighted by molar-refractivity contribution is 7.99. The number of fused-ring (bicyclic) bond motifs is 1. The van der Waals surface area contributed by atoms with Crippen LogP contribution in [0.25, 0.3) is 5.52 Å². The van der Waals surface area contributed by atoms with E-state index in [-0.39, 0.29) is 5.91 Å². The molecular formula is C17H17N3O2S. The molecular weight excluding hydrogens is 310 g/mol. The first-order chi connectivity index (χ1) is 11.3. The fourth-order valence-corrected chi connectivity index (χ4v) is 2.99. The molecule has 0 unspecified atom stereocenters. The van der Waals surface area contributed by atoms with E-state index in [0.717, 1.165) is 22.0 Å². The van der Waals surface area contributed by atoms with Crippen LogP contribution >= 0.6 is 11.8 Å². The highest BCUT2D eigenvalue weighted by Gasteiger charge is 2.07. The van der Waals surface area contributed by atoms with Crippen LogP contribution in [0, 0.1) is 0 Å². The van der Waals surface area contributed by atoms with Gasteiger partial charge >= 0.3 is 0 Å². The minimum Gasteiger partial charge on any atom is -0.497 e. The van der Waals surface area contributed by atoms with Crippen molar-refractivity contribution in [3.8, 4) is 5.75 Å². The number of aromatic nitrogens is 2. The number of methoxy groups -OCH3 is 1. The molecule has 0 aliphatic carbocycles. The molecule has 0 bridgehead atoms. The first kappa shape index (κ1) is 15.4. The number of pyridine rings is 1. The van der Waals surface area contributed by atoms with Crippen molar-refractivity contribution in [2.45, 2.75) is 11.7 Å². The predicted octanol–water partition coefficient (Wildman–Crippen LogP) is 2.75. The van der Waals surface area contributed by atoms with Gasteiger partial charge in [-0.25, -0.2) is 4.98 Å². The fourth-order valence-electron chi connectivity index (χ4n) is 2.19. The lowest BCUT2D eigenvalue weighted by Crippen LogP contribution is -2.24. The summed E-state index contributed by atoms with van der Waals surface area (Å²) in [5, 5.41) is 3.73. The molecule has 6 heteroatoms. The van der Waals surface area contributed by atoms with Crippen molar-refractivity contribution < 1.29 is 9.53 Å². The van der Waals surface area contributed by atoms with Crippen LogP contribution in [0.15, 0.2) is 60.0 Å². The smallest absolute Gasteiger partial charge is 0.230 e. The van der Waals surface area contributed by atoms with Gasteiger partial charge in [0, 0.05) is 12.7 Å². The summed E-state index contributed by atoms with van der Waals surface area (Å²) in [4.78, 5) is 16.3. The summed E-state index contributed by atoms with van der Waals surface area (Å²) in [6.07, 6.45) is 3.75. The van der Waals surface area contributed by atoms with E-state index in [1.165, 1.54) is 11.8 Å². The van der Waals surface area contributed by atoms with Crippen molar-refractivity contribution in [1.82, 2.24) is 14.7 Å². The maximum absolute atomic E-state index is 12.0. The van der Waals surface area contributed by atoms with E-state index in [4.69, 9.17) is 4.74 Å². The second-order valence-corrected chi connectivity index (χ2v) is 5.90. The van der Waals surface area contributed by atoms with Crippen LogP contribution < -0.4 is 10.1 Å². The van der Waals surface area contributed by atoms with E-state index in [1.54, 1.807) is 13.3 Å². The van der Waals surface area contributed by atoms with Crippen LogP contribution in [0.3, 0.4) is 0 Å². The number of benzene rings is 1. The molecule has 1 aromatic carbocycles. The minimum atomic E-state index is -0.0227. The summed E-state index contributed by atoms with van der Waals surface area (Å²) in [6.45, 7) is 0.485. The van der Waals surface area contributed by atoms with Crippen molar-refractivity contribution in [3.63, 3.8) is 0 Å². The van der Waals surface area contributed by atoms with Crippen molar-refractivity contribution in [2.24, 2.45) is 0 Å². The highest BCUT2D eigenvalue weighted by Crippen LogP contribution is 2.18. The highest BCUT2D eigenvalue weighted by atomic mass is 32.2. The number of hydrogen-bond donors (Lipinski definition) is 1. The zero-order valence-electron chi connectivity index (χ0n) is 12.7. The van der Waals surface area contributed by atoms with Crippen LogP contribution in [0.1, 0.15) is 5.56 Å². The maximum atomic E-state index is 12.0. The summed E-state index contributed by atoms with van der Waals surface area (Å²) in [5.41, 5.74) is 2.03. The van der Waals surface area contributed by atoms with Crippen molar-refractivity contribution in [1.29, 1.82) is 0 Å². The molecule has 1 amide bonds. The van der Waals surface area contributed by atoms with Gasteiger partial charge in [-0.1, -0.05) is 30.0 Å². The Labute approximate surface area is 138 Å². The van der Waals surface area contributed by atoms with Gasteiger partial charge in [-0.15, -0.1) is 0 Å². The van der Waals surface area contributed by atoms with Gasteiger partial charge in [-0.05, 0) is 29.8 Å². The molecule has 0 atom stereocenters. The first-order valence-electron chi connectivity index (χ1n) is 7.21. The normalized spacial score (nSPS) is 10.7. The van der Waals surface area contributed by atoms with Gasteiger partial charge in [0.25, 0.3) is 0 Å². The van der Waals surface area contributed by atoms with E-state index < -0.39 is 0 Å². The number of rotatable bonds is 6. The molecule has 23 heavy (non-hydrogen) atoms. The van der Waals surface area contributed by atoms with Gasteiger partial charge in [0.05, 0.1) is 24.6 Å². The molecule has 0 saturated heterocycles. The lowest BCUT2D eigenvalue weighted by molar-refractivity contribution is -0.118.